The van der Waals surface area contributed by atoms with Gasteiger partial charge in [-0.25, -0.2) is 0 Å². The van der Waals surface area contributed by atoms with Crippen molar-refractivity contribution in [1.29, 1.82) is 0 Å². The van der Waals surface area contributed by atoms with E-state index in [2.05, 4.69) is 9.69 Å². The second kappa shape index (κ2) is 12.2. The molecule has 2 aromatic carbocycles. The van der Waals surface area contributed by atoms with Gasteiger partial charge in [0.15, 0.2) is 5.69 Å². The molecule has 0 radical (unpaired) electrons. The number of carbonyl (C=O) groups excluding carboxylic acids is 3. The van der Waals surface area contributed by atoms with Gasteiger partial charge in [-0.05, 0) is 54.2 Å². The number of nitrogens with one attached hydrogen (secondary N) is 1. The van der Waals surface area contributed by atoms with Crippen LogP contribution in [-0.2, 0) is 4.79 Å². The van der Waals surface area contributed by atoms with Crippen LogP contribution in [0.3, 0.4) is 0 Å². The van der Waals surface area contributed by atoms with E-state index in [1.165, 1.54) is 12.0 Å². The summed E-state index contributed by atoms with van der Waals surface area (Å²) < 4.78 is 9.43. The number of hydrogen-bond donors (Lipinski definition) is 3. The molecule has 1 aromatic heterocycles. The zero-order valence-electron chi connectivity index (χ0n) is 22.3. The van der Waals surface area contributed by atoms with Crippen LogP contribution < -0.4 is 31.3 Å². The number of primary amides is 1. The van der Waals surface area contributed by atoms with Crippen LogP contribution in [0.25, 0.3) is 0 Å². The minimum Gasteiger partial charge on any atom is -0.497 e. The van der Waals surface area contributed by atoms with Gasteiger partial charge in [-0.3, -0.25) is 19.3 Å². The molecular weight excluding hydrogens is 516 g/mol. The highest BCUT2D eigenvalue weighted by Crippen LogP contribution is 2.35. The fraction of sp³-hybridized carbons (Fsp3) is 0.357. The highest BCUT2D eigenvalue weighted by Gasteiger charge is 2.37. The zero-order chi connectivity index (χ0) is 28.1. The predicted molar refractivity (Wildman–Crippen MR) is 153 cm³/mol. The molecule has 206 valence electrons. The second-order valence-corrected chi connectivity index (χ2v) is 10.5. The van der Waals surface area contributed by atoms with Gasteiger partial charge >= 0.3 is 0 Å². The smallest absolute Gasteiger partial charge is 0.273 e. The Kier molecular flexibility index (Phi) is 8.70. The number of anilines is 3. The van der Waals surface area contributed by atoms with Crippen LogP contribution in [0.2, 0.25) is 0 Å². The molecule has 0 bridgehead atoms. The minimum atomic E-state index is -1.04. The van der Waals surface area contributed by atoms with E-state index in [0.29, 0.717) is 17.0 Å². The molecule has 1 heterocycles. The van der Waals surface area contributed by atoms with E-state index in [0.717, 1.165) is 49.3 Å². The molecule has 0 spiro atoms. The normalized spacial score (nSPS) is 14.3. The van der Waals surface area contributed by atoms with Gasteiger partial charge in [0, 0.05) is 37.6 Å². The number of methoxy groups -OCH3 is 1. The van der Waals surface area contributed by atoms with Gasteiger partial charge in [0.1, 0.15) is 16.7 Å². The lowest BCUT2D eigenvalue weighted by Crippen LogP contribution is -2.47. The number of rotatable bonds is 9. The number of ether oxygens (including phenoxy) is 1. The van der Waals surface area contributed by atoms with Gasteiger partial charge in [0.05, 0.1) is 12.8 Å². The van der Waals surface area contributed by atoms with Gasteiger partial charge in [-0.1, -0.05) is 37.5 Å². The SMILES string of the molecule is COc1cccc(N(C(=O)c2snc(C(N)=O)c2N)C(C(=O)NC2CCCCC2)c2ccc(N(C)C)cc2)c1. The summed E-state index contributed by atoms with van der Waals surface area (Å²) in [4.78, 5) is 43.5. The molecule has 3 amide bonds. The standard InChI is InChI=1S/C28H34N6O4S/c1-33(2)19-14-12-17(13-15-19)24(27(36)31-18-8-5-4-6-9-18)34(20-10-7-11-21(16-20)38-3)28(37)25-22(29)23(26(30)35)32-39-25/h7,10-16,18,24H,4-6,8-9,29H2,1-3H3,(H2,30,35)(H,31,36). The quantitative estimate of drug-likeness (QED) is 0.368. The molecule has 1 aliphatic rings. The monoisotopic (exact) mass is 550 g/mol. The van der Waals surface area contributed by atoms with Gasteiger partial charge in [0.2, 0.25) is 5.91 Å². The third-order valence-electron chi connectivity index (χ3n) is 6.89. The third-order valence-corrected chi connectivity index (χ3v) is 7.74. The van der Waals surface area contributed by atoms with Crippen molar-refractivity contribution in [3.05, 3.63) is 64.7 Å². The molecule has 11 heteroatoms. The van der Waals surface area contributed by atoms with Crippen molar-refractivity contribution in [1.82, 2.24) is 9.69 Å². The van der Waals surface area contributed by atoms with Crippen LogP contribution in [0.15, 0.2) is 48.5 Å². The van der Waals surface area contributed by atoms with Gasteiger partial charge in [-0.15, -0.1) is 0 Å². The number of amides is 3. The summed E-state index contributed by atoms with van der Waals surface area (Å²) in [6, 6.07) is 13.4. The molecule has 1 fully saturated rings. The Morgan fingerprint density at radius 3 is 2.33 bits per heavy atom. The Morgan fingerprint density at radius 2 is 1.74 bits per heavy atom. The van der Waals surface area contributed by atoms with E-state index < -0.39 is 17.9 Å². The van der Waals surface area contributed by atoms with Crippen LogP contribution >= 0.6 is 11.5 Å². The maximum atomic E-state index is 14.2. The number of hydrogen-bond acceptors (Lipinski definition) is 8. The van der Waals surface area contributed by atoms with Crippen molar-refractivity contribution in [2.24, 2.45) is 5.73 Å². The molecule has 3 aromatic rings. The summed E-state index contributed by atoms with van der Waals surface area (Å²) in [6.07, 6.45) is 4.99. The highest BCUT2D eigenvalue weighted by molar-refractivity contribution is 7.09. The summed E-state index contributed by atoms with van der Waals surface area (Å²) >= 11 is 0.775. The Morgan fingerprint density at radius 1 is 1.05 bits per heavy atom. The average Bonchev–Trinajstić information content (AvgIpc) is 3.33. The summed E-state index contributed by atoms with van der Waals surface area (Å²) in [5.74, 6) is -1.21. The number of nitrogen functional groups attached to an aromatic ring is 1. The molecule has 4 rings (SSSR count). The number of aromatic nitrogens is 1. The van der Waals surface area contributed by atoms with Gasteiger partial charge in [0.25, 0.3) is 11.8 Å². The van der Waals surface area contributed by atoms with Crippen molar-refractivity contribution in [2.45, 2.75) is 44.2 Å². The highest BCUT2D eigenvalue weighted by atomic mass is 32.1. The maximum absolute atomic E-state index is 14.2. The van der Waals surface area contributed by atoms with E-state index in [1.54, 1.807) is 24.3 Å². The number of carbonyl (C=O) groups is 3. The lowest BCUT2D eigenvalue weighted by Gasteiger charge is -2.33. The summed E-state index contributed by atoms with van der Waals surface area (Å²) in [6.45, 7) is 0. The van der Waals surface area contributed by atoms with Gasteiger partial charge in [-0.2, -0.15) is 4.37 Å². The topological polar surface area (TPSA) is 144 Å². The van der Waals surface area contributed by atoms with E-state index in [4.69, 9.17) is 16.2 Å². The van der Waals surface area contributed by atoms with E-state index in [-0.39, 0.29) is 28.2 Å². The van der Waals surface area contributed by atoms with Crippen LogP contribution in [0, 0.1) is 0 Å². The molecule has 1 unspecified atom stereocenters. The molecule has 39 heavy (non-hydrogen) atoms. The molecule has 0 saturated heterocycles. The molecule has 1 atom stereocenters. The number of nitrogens with zero attached hydrogens (tertiary/aromatic N) is 3. The Labute approximate surface area is 232 Å². The largest absolute Gasteiger partial charge is 0.497 e. The summed E-state index contributed by atoms with van der Waals surface area (Å²) in [5.41, 5.74) is 13.3. The zero-order valence-corrected chi connectivity index (χ0v) is 23.2. The van der Waals surface area contributed by atoms with Crippen molar-refractivity contribution in [3.63, 3.8) is 0 Å². The molecule has 1 aliphatic carbocycles. The van der Waals surface area contributed by atoms with Crippen molar-refractivity contribution in [3.8, 4) is 5.75 Å². The lowest BCUT2D eigenvalue weighted by atomic mass is 9.94. The van der Waals surface area contributed by atoms with E-state index >= 15 is 0 Å². The molecule has 5 N–H and O–H groups in total. The van der Waals surface area contributed by atoms with Crippen molar-refractivity contribution < 1.29 is 19.1 Å². The fourth-order valence-corrected chi connectivity index (χ4v) is 5.52. The Bertz CT molecular complexity index is 1330. The first kappa shape index (κ1) is 27.9. The van der Waals surface area contributed by atoms with Gasteiger partial charge < -0.3 is 26.4 Å². The van der Waals surface area contributed by atoms with E-state index in [9.17, 15) is 14.4 Å². The first-order valence-corrected chi connectivity index (χ1v) is 13.6. The Balaban J connectivity index is 1.86. The second-order valence-electron chi connectivity index (χ2n) is 9.75. The molecule has 0 aliphatic heterocycles. The minimum absolute atomic E-state index is 0.0204. The molecular formula is C28H34N6O4S. The third kappa shape index (κ3) is 6.14. The Hall–Kier alpha value is -4.12. The number of benzene rings is 2. The molecule has 1 saturated carbocycles. The fourth-order valence-electron chi connectivity index (χ4n) is 4.78. The van der Waals surface area contributed by atoms with Crippen molar-refractivity contribution >= 4 is 46.3 Å². The van der Waals surface area contributed by atoms with E-state index in [1.807, 2.05) is 43.3 Å². The van der Waals surface area contributed by atoms with Crippen LogP contribution in [0.4, 0.5) is 17.1 Å². The first-order chi connectivity index (χ1) is 18.7. The predicted octanol–water partition coefficient (Wildman–Crippen LogP) is 3.74. The molecule has 10 nitrogen and oxygen atoms in total. The average molecular weight is 551 g/mol. The lowest BCUT2D eigenvalue weighted by molar-refractivity contribution is -0.123. The van der Waals surface area contributed by atoms with Crippen LogP contribution in [0.1, 0.15) is 63.9 Å². The first-order valence-electron chi connectivity index (χ1n) is 12.8. The van der Waals surface area contributed by atoms with Crippen molar-refractivity contribution in [2.75, 3.05) is 36.7 Å². The number of nitrogens with two attached hydrogens (primary N) is 2. The summed E-state index contributed by atoms with van der Waals surface area (Å²) in [5, 5.41) is 3.19. The van der Waals surface area contributed by atoms with Crippen LogP contribution in [-0.4, -0.2) is 49.3 Å². The summed E-state index contributed by atoms with van der Waals surface area (Å²) in [7, 11) is 5.38. The van der Waals surface area contributed by atoms with Crippen LogP contribution in [0.5, 0.6) is 5.75 Å². The maximum Gasteiger partial charge on any atom is 0.273 e.